The minimum absolute atomic E-state index is 0.0451. The maximum absolute atomic E-state index is 12.0. The fourth-order valence-corrected chi connectivity index (χ4v) is 1.80. The summed E-state index contributed by atoms with van der Waals surface area (Å²) in [5.74, 6) is 0.345. The van der Waals surface area contributed by atoms with Gasteiger partial charge in [0, 0.05) is 5.56 Å². The molecule has 0 aliphatic heterocycles. The average Bonchev–Trinajstić information content (AvgIpc) is 2.26. The molecule has 0 amide bonds. The summed E-state index contributed by atoms with van der Waals surface area (Å²) in [5, 5.41) is 9.77. The van der Waals surface area contributed by atoms with Crippen molar-refractivity contribution in [2.45, 2.75) is 40.2 Å². The fourth-order valence-electron chi connectivity index (χ4n) is 1.80. The number of carbonyl (C=O) groups is 1. The minimum Gasteiger partial charge on any atom is -0.385 e. The quantitative estimate of drug-likeness (QED) is 0.795. The first-order chi connectivity index (χ1) is 7.91. The molecule has 1 unspecified atom stereocenters. The molecule has 2 nitrogen and oxygen atoms in total. The van der Waals surface area contributed by atoms with Crippen molar-refractivity contribution in [2.75, 3.05) is 0 Å². The van der Waals surface area contributed by atoms with Crippen molar-refractivity contribution in [1.82, 2.24) is 0 Å². The molecule has 0 fully saturated rings. The van der Waals surface area contributed by atoms with Crippen molar-refractivity contribution in [2.24, 2.45) is 11.8 Å². The SMILES string of the molecule is CC(C)Cc1cccc(C(=O)C(O)C(C)C)c1. The molecule has 0 aliphatic carbocycles. The van der Waals surface area contributed by atoms with E-state index >= 15 is 0 Å². The third kappa shape index (κ3) is 3.97. The van der Waals surface area contributed by atoms with Crippen LogP contribution in [0.4, 0.5) is 0 Å². The molecule has 0 radical (unpaired) electrons. The van der Waals surface area contributed by atoms with Crippen molar-refractivity contribution >= 4 is 5.78 Å². The fraction of sp³-hybridized carbons (Fsp3) is 0.533. The molecule has 0 spiro atoms. The third-order valence-corrected chi connectivity index (χ3v) is 2.76. The highest BCUT2D eigenvalue weighted by atomic mass is 16.3. The first-order valence-electron chi connectivity index (χ1n) is 6.23. The second-order valence-corrected chi connectivity index (χ2v) is 5.35. The lowest BCUT2D eigenvalue weighted by Gasteiger charge is -2.14. The van der Waals surface area contributed by atoms with Gasteiger partial charge in [-0.15, -0.1) is 0 Å². The summed E-state index contributed by atoms with van der Waals surface area (Å²) < 4.78 is 0. The summed E-state index contributed by atoms with van der Waals surface area (Å²) in [6, 6.07) is 7.59. The Labute approximate surface area is 104 Å². The van der Waals surface area contributed by atoms with Gasteiger partial charge in [-0.1, -0.05) is 45.9 Å². The highest BCUT2D eigenvalue weighted by molar-refractivity contribution is 5.99. The van der Waals surface area contributed by atoms with E-state index < -0.39 is 6.10 Å². The van der Waals surface area contributed by atoms with Gasteiger partial charge in [0.1, 0.15) is 6.10 Å². The number of carbonyl (C=O) groups excluding carboxylic acids is 1. The molecule has 1 N–H and O–H groups in total. The van der Waals surface area contributed by atoms with E-state index in [4.69, 9.17) is 0 Å². The molecule has 0 aliphatic rings. The Morgan fingerprint density at radius 1 is 1.24 bits per heavy atom. The molecule has 0 saturated heterocycles. The van der Waals surface area contributed by atoms with Crippen LogP contribution in [0.15, 0.2) is 24.3 Å². The molecule has 94 valence electrons. The predicted octanol–water partition coefficient (Wildman–Crippen LogP) is 3.08. The first-order valence-corrected chi connectivity index (χ1v) is 6.23. The lowest BCUT2D eigenvalue weighted by atomic mass is 9.95. The number of aliphatic hydroxyl groups excluding tert-OH is 1. The maximum atomic E-state index is 12.0. The molecule has 0 saturated carbocycles. The van der Waals surface area contributed by atoms with Crippen LogP contribution in [0.3, 0.4) is 0 Å². The molecule has 17 heavy (non-hydrogen) atoms. The molecule has 1 rings (SSSR count). The zero-order chi connectivity index (χ0) is 13.0. The highest BCUT2D eigenvalue weighted by Crippen LogP contribution is 2.14. The van der Waals surface area contributed by atoms with Crippen LogP contribution in [-0.2, 0) is 6.42 Å². The Bertz CT molecular complexity index is 380. The number of benzene rings is 1. The Morgan fingerprint density at radius 2 is 1.88 bits per heavy atom. The number of hydrogen-bond donors (Lipinski definition) is 1. The second-order valence-electron chi connectivity index (χ2n) is 5.35. The van der Waals surface area contributed by atoms with E-state index in [1.165, 1.54) is 0 Å². The summed E-state index contributed by atoms with van der Waals surface area (Å²) in [5.41, 5.74) is 1.77. The van der Waals surface area contributed by atoms with Crippen molar-refractivity contribution in [3.63, 3.8) is 0 Å². The van der Waals surface area contributed by atoms with Gasteiger partial charge in [0.15, 0.2) is 5.78 Å². The van der Waals surface area contributed by atoms with E-state index in [0.29, 0.717) is 11.5 Å². The summed E-state index contributed by atoms with van der Waals surface area (Å²) in [7, 11) is 0. The van der Waals surface area contributed by atoms with Gasteiger partial charge in [-0.05, 0) is 29.9 Å². The summed E-state index contributed by atoms with van der Waals surface area (Å²) in [6.07, 6.45) is 0.0584. The van der Waals surface area contributed by atoms with E-state index in [1.807, 2.05) is 32.0 Å². The van der Waals surface area contributed by atoms with Gasteiger partial charge in [0.25, 0.3) is 0 Å². The second kappa shape index (κ2) is 5.97. The van der Waals surface area contributed by atoms with Crippen molar-refractivity contribution < 1.29 is 9.90 Å². The maximum Gasteiger partial charge on any atom is 0.191 e. The van der Waals surface area contributed by atoms with E-state index in [9.17, 15) is 9.90 Å². The van der Waals surface area contributed by atoms with E-state index in [0.717, 1.165) is 12.0 Å². The largest absolute Gasteiger partial charge is 0.385 e. The van der Waals surface area contributed by atoms with Crippen LogP contribution in [0.25, 0.3) is 0 Å². The predicted molar refractivity (Wildman–Crippen MR) is 70.2 cm³/mol. The van der Waals surface area contributed by atoms with Gasteiger partial charge in [-0.2, -0.15) is 0 Å². The van der Waals surface area contributed by atoms with Crippen molar-refractivity contribution in [3.8, 4) is 0 Å². The van der Waals surface area contributed by atoms with E-state index in [2.05, 4.69) is 13.8 Å². The standard InChI is InChI=1S/C15H22O2/c1-10(2)8-12-6-5-7-13(9-12)15(17)14(16)11(3)4/h5-7,9-11,14,16H,8H2,1-4H3. The number of aliphatic hydroxyl groups is 1. The molecule has 0 bridgehead atoms. The molecule has 1 aromatic rings. The average molecular weight is 234 g/mol. The first kappa shape index (κ1) is 13.9. The lowest BCUT2D eigenvalue weighted by molar-refractivity contribution is 0.0648. The molecule has 1 aromatic carbocycles. The number of rotatable bonds is 5. The van der Waals surface area contributed by atoms with Crippen LogP contribution in [0.1, 0.15) is 43.6 Å². The van der Waals surface area contributed by atoms with Crippen LogP contribution in [0, 0.1) is 11.8 Å². The smallest absolute Gasteiger partial charge is 0.191 e. The Balaban J connectivity index is 2.88. The van der Waals surface area contributed by atoms with Crippen molar-refractivity contribution in [3.05, 3.63) is 35.4 Å². The van der Waals surface area contributed by atoms with Crippen LogP contribution >= 0.6 is 0 Å². The van der Waals surface area contributed by atoms with E-state index in [1.54, 1.807) is 6.07 Å². The monoisotopic (exact) mass is 234 g/mol. The molecule has 0 heterocycles. The minimum atomic E-state index is -0.899. The van der Waals surface area contributed by atoms with Gasteiger partial charge < -0.3 is 5.11 Å². The summed E-state index contributed by atoms with van der Waals surface area (Å²) in [4.78, 5) is 12.0. The zero-order valence-corrected chi connectivity index (χ0v) is 11.1. The summed E-state index contributed by atoms with van der Waals surface area (Å²) in [6.45, 7) is 8.00. The highest BCUT2D eigenvalue weighted by Gasteiger charge is 2.20. The Kier molecular flexibility index (Phi) is 4.88. The van der Waals surface area contributed by atoms with Gasteiger partial charge >= 0.3 is 0 Å². The summed E-state index contributed by atoms with van der Waals surface area (Å²) >= 11 is 0. The number of hydrogen-bond acceptors (Lipinski definition) is 2. The Hall–Kier alpha value is -1.15. The molecule has 1 atom stereocenters. The molecule has 2 heteroatoms. The van der Waals surface area contributed by atoms with Crippen LogP contribution < -0.4 is 0 Å². The number of ketones is 1. The normalized spacial score (nSPS) is 13.1. The third-order valence-electron chi connectivity index (χ3n) is 2.76. The Morgan fingerprint density at radius 3 is 2.41 bits per heavy atom. The molecule has 0 aromatic heterocycles. The van der Waals surface area contributed by atoms with Gasteiger partial charge in [0.05, 0.1) is 0 Å². The topological polar surface area (TPSA) is 37.3 Å². The van der Waals surface area contributed by atoms with E-state index in [-0.39, 0.29) is 11.7 Å². The lowest BCUT2D eigenvalue weighted by Crippen LogP contribution is -2.26. The van der Waals surface area contributed by atoms with Crippen molar-refractivity contribution in [1.29, 1.82) is 0 Å². The van der Waals surface area contributed by atoms with Gasteiger partial charge in [0.2, 0.25) is 0 Å². The van der Waals surface area contributed by atoms with Crippen LogP contribution in [-0.4, -0.2) is 17.0 Å². The van der Waals surface area contributed by atoms with Gasteiger partial charge in [-0.25, -0.2) is 0 Å². The van der Waals surface area contributed by atoms with Crippen LogP contribution in [0.2, 0.25) is 0 Å². The zero-order valence-electron chi connectivity index (χ0n) is 11.1. The number of Topliss-reactive ketones (excluding diaryl/α,β-unsaturated/α-hetero) is 1. The van der Waals surface area contributed by atoms with Gasteiger partial charge in [-0.3, -0.25) is 4.79 Å². The molecular weight excluding hydrogens is 212 g/mol. The van der Waals surface area contributed by atoms with Crippen LogP contribution in [0.5, 0.6) is 0 Å². The molecular formula is C15H22O2.